The topological polar surface area (TPSA) is 58.5 Å². The van der Waals surface area contributed by atoms with Gasteiger partial charge < -0.3 is 10.3 Å². The van der Waals surface area contributed by atoms with Crippen LogP contribution in [0.25, 0.3) is 0 Å². The van der Waals surface area contributed by atoms with Crippen molar-refractivity contribution in [1.29, 1.82) is 0 Å². The molecular weight excluding hydrogens is 202 g/mol. The van der Waals surface area contributed by atoms with Crippen molar-refractivity contribution >= 4 is 5.82 Å². The maximum absolute atomic E-state index is 4.32. The molecule has 2 N–H and O–H groups in total. The van der Waals surface area contributed by atoms with Crippen LogP contribution in [0.15, 0.2) is 24.7 Å². The third-order valence-electron chi connectivity index (χ3n) is 2.84. The van der Waals surface area contributed by atoms with Gasteiger partial charge in [0.1, 0.15) is 11.6 Å². The zero-order chi connectivity index (χ0) is 10.8. The molecule has 2 heterocycles. The van der Waals surface area contributed by atoms with Crippen LogP contribution >= 0.6 is 0 Å². The Balaban J connectivity index is 1.62. The van der Waals surface area contributed by atoms with Gasteiger partial charge in [0.05, 0.1) is 12.7 Å². The van der Waals surface area contributed by atoms with E-state index in [1.165, 1.54) is 12.8 Å². The smallest absolute Gasteiger partial charge is 0.125 e. The minimum Gasteiger partial charge on any atom is -0.363 e. The molecule has 0 radical (unpaired) electrons. The maximum atomic E-state index is 4.32. The Bertz CT molecular complexity index is 441. The monoisotopic (exact) mass is 217 g/mol. The second-order valence-corrected chi connectivity index (χ2v) is 4.23. The van der Waals surface area contributed by atoms with Crippen LogP contribution < -0.4 is 5.32 Å². The third kappa shape index (κ3) is 2.08. The molecular formula is C11H15N5. The summed E-state index contributed by atoms with van der Waals surface area (Å²) in [6.07, 6.45) is 8.12. The number of hydrogen-bond acceptors (Lipinski definition) is 3. The largest absolute Gasteiger partial charge is 0.363 e. The Morgan fingerprint density at radius 3 is 3.12 bits per heavy atom. The molecule has 16 heavy (non-hydrogen) atoms. The summed E-state index contributed by atoms with van der Waals surface area (Å²) in [5, 5.41) is 7.66. The van der Waals surface area contributed by atoms with Gasteiger partial charge in [0.25, 0.3) is 0 Å². The highest BCUT2D eigenvalue weighted by molar-refractivity contribution is 5.34. The minimum atomic E-state index is 0.712. The van der Waals surface area contributed by atoms with E-state index in [9.17, 15) is 0 Å². The third-order valence-corrected chi connectivity index (χ3v) is 2.84. The van der Waals surface area contributed by atoms with Gasteiger partial charge in [0.2, 0.25) is 0 Å². The van der Waals surface area contributed by atoms with Crippen LogP contribution in [0.1, 0.15) is 18.7 Å². The van der Waals surface area contributed by atoms with Crippen molar-refractivity contribution in [3.05, 3.63) is 30.5 Å². The lowest BCUT2D eigenvalue weighted by Crippen LogP contribution is -2.09. The van der Waals surface area contributed by atoms with Crippen molar-refractivity contribution < 1.29 is 0 Å². The number of nitrogens with zero attached hydrogens (tertiary/aromatic N) is 3. The number of nitrogens with one attached hydrogen (secondary N) is 2. The van der Waals surface area contributed by atoms with E-state index in [-0.39, 0.29) is 0 Å². The molecule has 0 atom stereocenters. The van der Waals surface area contributed by atoms with E-state index in [1.807, 2.05) is 23.1 Å². The number of aromatic nitrogens is 4. The number of H-pyrrole nitrogens is 1. The van der Waals surface area contributed by atoms with Crippen LogP contribution in [0.2, 0.25) is 0 Å². The summed E-state index contributed by atoms with van der Waals surface area (Å²) in [6, 6.07) is 2.01. The summed E-state index contributed by atoms with van der Waals surface area (Å²) in [6.45, 7) is 1.75. The Kier molecular flexibility index (Phi) is 2.36. The molecule has 2 aromatic rings. The van der Waals surface area contributed by atoms with Crippen molar-refractivity contribution in [2.24, 2.45) is 5.92 Å². The highest BCUT2D eigenvalue weighted by atomic mass is 15.3. The minimum absolute atomic E-state index is 0.712. The van der Waals surface area contributed by atoms with Gasteiger partial charge in [-0.3, -0.25) is 0 Å². The Morgan fingerprint density at radius 2 is 2.38 bits per heavy atom. The standard InChI is InChI=1S/C11H15N5/c1-2-9(1)8-16-11(3-4-15-16)14-7-10-12-5-6-13-10/h3-6,9,14H,1-2,7-8H2,(H,12,13). The van der Waals surface area contributed by atoms with E-state index in [0.717, 1.165) is 24.1 Å². The molecule has 0 amide bonds. The van der Waals surface area contributed by atoms with Gasteiger partial charge in [0, 0.05) is 25.0 Å². The first-order chi connectivity index (χ1) is 7.92. The molecule has 1 aliphatic rings. The first kappa shape index (κ1) is 9.45. The highest BCUT2D eigenvalue weighted by Crippen LogP contribution is 2.31. The molecule has 2 aromatic heterocycles. The predicted octanol–water partition coefficient (Wildman–Crippen LogP) is 1.63. The summed E-state index contributed by atoms with van der Waals surface area (Å²) in [5.74, 6) is 2.85. The second-order valence-electron chi connectivity index (χ2n) is 4.23. The molecule has 5 heteroatoms. The average Bonchev–Trinajstić information content (AvgIpc) is 2.80. The zero-order valence-electron chi connectivity index (χ0n) is 9.06. The van der Waals surface area contributed by atoms with Crippen molar-refractivity contribution in [2.75, 3.05) is 5.32 Å². The molecule has 0 bridgehead atoms. The molecule has 1 saturated carbocycles. The van der Waals surface area contributed by atoms with Gasteiger partial charge in [-0.15, -0.1) is 0 Å². The predicted molar refractivity (Wildman–Crippen MR) is 60.9 cm³/mol. The lowest BCUT2D eigenvalue weighted by Gasteiger charge is -2.07. The van der Waals surface area contributed by atoms with Gasteiger partial charge in [-0.05, 0) is 18.8 Å². The van der Waals surface area contributed by atoms with Gasteiger partial charge in [0.15, 0.2) is 0 Å². The van der Waals surface area contributed by atoms with E-state index in [4.69, 9.17) is 0 Å². The van der Waals surface area contributed by atoms with Crippen LogP contribution in [0, 0.1) is 5.92 Å². The first-order valence-electron chi connectivity index (χ1n) is 5.66. The number of hydrogen-bond donors (Lipinski definition) is 2. The van der Waals surface area contributed by atoms with Crippen molar-refractivity contribution in [3.63, 3.8) is 0 Å². The lowest BCUT2D eigenvalue weighted by molar-refractivity contribution is 0.567. The van der Waals surface area contributed by atoms with Gasteiger partial charge in [-0.1, -0.05) is 0 Å². The molecule has 5 nitrogen and oxygen atoms in total. The first-order valence-corrected chi connectivity index (χ1v) is 5.66. The van der Waals surface area contributed by atoms with Crippen LogP contribution in [-0.4, -0.2) is 19.7 Å². The van der Waals surface area contributed by atoms with Gasteiger partial charge in [-0.2, -0.15) is 5.10 Å². The zero-order valence-corrected chi connectivity index (χ0v) is 9.06. The summed E-state index contributed by atoms with van der Waals surface area (Å²) < 4.78 is 2.04. The number of anilines is 1. The van der Waals surface area contributed by atoms with Crippen LogP contribution in [-0.2, 0) is 13.1 Å². The quantitative estimate of drug-likeness (QED) is 0.800. The fourth-order valence-corrected chi connectivity index (χ4v) is 1.74. The average molecular weight is 217 g/mol. The summed E-state index contributed by atoms with van der Waals surface area (Å²) in [7, 11) is 0. The molecule has 0 spiro atoms. The molecule has 1 fully saturated rings. The Morgan fingerprint density at radius 1 is 1.44 bits per heavy atom. The number of imidazole rings is 1. The number of aromatic amines is 1. The molecule has 3 rings (SSSR count). The van der Waals surface area contributed by atoms with E-state index >= 15 is 0 Å². The SMILES string of the molecule is c1c[nH]c(CNc2ccnn2CC2CC2)n1. The lowest BCUT2D eigenvalue weighted by atomic mass is 10.4. The molecule has 0 saturated heterocycles. The van der Waals surface area contributed by atoms with Crippen molar-refractivity contribution in [1.82, 2.24) is 19.7 Å². The molecule has 0 aromatic carbocycles. The second kappa shape index (κ2) is 4.00. The molecule has 0 unspecified atom stereocenters. The molecule has 84 valence electrons. The van der Waals surface area contributed by atoms with Crippen LogP contribution in [0.3, 0.4) is 0 Å². The Labute approximate surface area is 93.9 Å². The molecule has 1 aliphatic carbocycles. The fraction of sp³-hybridized carbons (Fsp3) is 0.455. The van der Waals surface area contributed by atoms with E-state index < -0.39 is 0 Å². The van der Waals surface area contributed by atoms with Crippen LogP contribution in [0.5, 0.6) is 0 Å². The summed E-state index contributed by atoms with van der Waals surface area (Å²) in [5.41, 5.74) is 0. The molecule has 0 aliphatic heterocycles. The van der Waals surface area contributed by atoms with Gasteiger partial charge in [-0.25, -0.2) is 9.67 Å². The highest BCUT2D eigenvalue weighted by Gasteiger charge is 2.22. The Hall–Kier alpha value is -1.78. The number of rotatable bonds is 5. The van der Waals surface area contributed by atoms with Crippen molar-refractivity contribution in [3.8, 4) is 0 Å². The van der Waals surface area contributed by atoms with Crippen molar-refractivity contribution in [2.45, 2.75) is 25.9 Å². The van der Waals surface area contributed by atoms with Crippen LogP contribution in [0.4, 0.5) is 5.82 Å². The normalized spacial score (nSPS) is 15.2. The fourth-order valence-electron chi connectivity index (χ4n) is 1.74. The van der Waals surface area contributed by atoms with E-state index in [0.29, 0.717) is 6.54 Å². The summed E-state index contributed by atoms with van der Waals surface area (Å²) >= 11 is 0. The van der Waals surface area contributed by atoms with E-state index in [1.54, 1.807) is 6.20 Å². The van der Waals surface area contributed by atoms with Gasteiger partial charge >= 0.3 is 0 Å². The summed E-state index contributed by atoms with van der Waals surface area (Å²) in [4.78, 5) is 7.24. The maximum Gasteiger partial charge on any atom is 0.125 e. The van der Waals surface area contributed by atoms with E-state index in [2.05, 4.69) is 20.4 Å².